The summed E-state index contributed by atoms with van der Waals surface area (Å²) in [6.45, 7) is 10.9. The van der Waals surface area contributed by atoms with Crippen molar-refractivity contribution in [3.8, 4) is 0 Å². The molecule has 1 N–H and O–H groups in total. The maximum absolute atomic E-state index is 4.60. The summed E-state index contributed by atoms with van der Waals surface area (Å²) in [4.78, 5) is 7.85. The lowest BCUT2D eigenvalue weighted by Gasteiger charge is -2.14. The number of H-pyrrole nitrogens is 1. The average molecular weight is 180 g/mol. The van der Waals surface area contributed by atoms with Crippen LogP contribution in [0, 0.1) is 0 Å². The lowest BCUT2D eigenvalue weighted by atomic mass is 9.93. The van der Waals surface area contributed by atoms with Crippen molar-refractivity contribution in [1.82, 2.24) is 9.97 Å². The molecule has 0 aliphatic heterocycles. The third kappa shape index (κ3) is 2.33. The molecule has 0 bridgehead atoms. The van der Waals surface area contributed by atoms with E-state index in [0.717, 1.165) is 17.9 Å². The molecule has 0 amide bonds. The van der Waals surface area contributed by atoms with Gasteiger partial charge in [-0.3, -0.25) is 0 Å². The minimum Gasteiger partial charge on any atom is -0.348 e. The lowest BCUT2D eigenvalue weighted by molar-refractivity contribution is 0.567. The fourth-order valence-electron chi connectivity index (χ4n) is 1.17. The van der Waals surface area contributed by atoms with Gasteiger partial charge in [0.05, 0.1) is 5.69 Å². The molecule has 1 unspecified atom stereocenters. The van der Waals surface area contributed by atoms with Crippen LogP contribution in [0.1, 0.15) is 58.5 Å². The molecule has 0 saturated carbocycles. The van der Waals surface area contributed by atoms with Crippen molar-refractivity contribution in [2.45, 2.75) is 52.4 Å². The SMILES string of the molecule is CCC(C)c1nc(C(C)(C)C)c[nH]1. The number of nitrogens with one attached hydrogen (secondary N) is 1. The fourth-order valence-corrected chi connectivity index (χ4v) is 1.17. The summed E-state index contributed by atoms with van der Waals surface area (Å²) in [5.41, 5.74) is 1.31. The molecule has 0 spiro atoms. The second-order valence-corrected chi connectivity index (χ2v) is 4.73. The van der Waals surface area contributed by atoms with Crippen LogP contribution in [0.5, 0.6) is 0 Å². The molecule has 1 aromatic heterocycles. The summed E-state index contributed by atoms with van der Waals surface area (Å²) < 4.78 is 0. The van der Waals surface area contributed by atoms with Gasteiger partial charge in [-0.05, 0) is 6.42 Å². The minimum absolute atomic E-state index is 0.155. The Morgan fingerprint density at radius 2 is 2.08 bits per heavy atom. The van der Waals surface area contributed by atoms with Gasteiger partial charge in [0.1, 0.15) is 5.82 Å². The van der Waals surface area contributed by atoms with Crippen molar-refractivity contribution in [2.24, 2.45) is 0 Å². The normalized spacial score (nSPS) is 14.5. The highest BCUT2D eigenvalue weighted by molar-refractivity contribution is 5.12. The van der Waals surface area contributed by atoms with Crippen LogP contribution in [0.4, 0.5) is 0 Å². The molecule has 0 aromatic carbocycles. The summed E-state index contributed by atoms with van der Waals surface area (Å²) in [6, 6.07) is 0. The number of nitrogens with zero attached hydrogens (tertiary/aromatic N) is 1. The summed E-state index contributed by atoms with van der Waals surface area (Å²) in [5.74, 6) is 1.66. The molecule has 0 saturated heterocycles. The Morgan fingerprint density at radius 1 is 1.46 bits per heavy atom. The quantitative estimate of drug-likeness (QED) is 0.743. The predicted octanol–water partition coefficient (Wildman–Crippen LogP) is 3.22. The van der Waals surface area contributed by atoms with Gasteiger partial charge >= 0.3 is 0 Å². The van der Waals surface area contributed by atoms with Crippen molar-refractivity contribution >= 4 is 0 Å². The molecule has 13 heavy (non-hydrogen) atoms. The Morgan fingerprint density at radius 3 is 2.46 bits per heavy atom. The van der Waals surface area contributed by atoms with E-state index in [1.807, 2.05) is 6.20 Å². The molecule has 74 valence electrons. The van der Waals surface area contributed by atoms with Crippen LogP contribution in [-0.2, 0) is 5.41 Å². The van der Waals surface area contributed by atoms with E-state index < -0.39 is 0 Å². The number of hydrogen-bond donors (Lipinski definition) is 1. The van der Waals surface area contributed by atoms with Crippen molar-refractivity contribution in [2.75, 3.05) is 0 Å². The lowest BCUT2D eigenvalue weighted by Crippen LogP contribution is -2.11. The number of imidazole rings is 1. The first kappa shape index (κ1) is 10.3. The van der Waals surface area contributed by atoms with Gasteiger partial charge in [0.15, 0.2) is 0 Å². The molecule has 1 rings (SSSR count). The van der Waals surface area contributed by atoms with E-state index in [4.69, 9.17) is 0 Å². The maximum Gasteiger partial charge on any atom is 0.109 e. The first-order chi connectivity index (χ1) is 5.95. The minimum atomic E-state index is 0.155. The van der Waals surface area contributed by atoms with Gasteiger partial charge < -0.3 is 4.98 Å². The predicted molar refractivity (Wildman–Crippen MR) is 56.0 cm³/mol. The van der Waals surface area contributed by atoms with Gasteiger partial charge in [-0.1, -0.05) is 34.6 Å². The third-order valence-electron chi connectivity index (χ3n) is 2.45. The molecular formula is C11H20N2. The Bertz CT molecular complexity index is 268. The zero-order chi connectivity index (χ0) is 10.1. The van der Waals surface area contributed by atoms with Gasteiger partial charge in [-0.2, -0.15) is 0 Å². The maximum atomic E-state index is 4.60. The Balaban J connectivity index is 2.87. The highest BCUT2D eigenvalue weighted by Crippen LogP contribution is 2.22. The number of rotatable bonds is 2. The zero-order valence-corrected chi connectivity index (χ0v) is 9.31. The molecule has 0 aliphatic carbocycles. The zero-order valence-electron chi connectivity index (χ0n) is 9.31. The first-order valence-corrected chi connectivity index (χ1v) is 5.01. The van der Waals surface area contributed by atoms with Crippen molar-refractivity contribution in [1.29, 1.82) is 0 Å². The smallest absolute Gasteiger partial charge is 0.109 e. The van der Waals surface area contributed by atoms with Crippen LogP contribution < -0.4 is 0 Å². The van der Waals surface area contributed by atoms with Gasteiger partial charge in [0.2, 0.25) is 0 Å². The van der Waals surface area contributed by atoms with Crippen LogP contribution in [0.15, 0.2) is 6.20 Å². The van der Waals surface area contributed by atoms with Crippen LogP contribution in [0.3, 0.4) is 0 Å². The molecule has 0 aliphatic rings. The van der Waals surface area contributed by atoms with Gasteiger partial charge in [-0.25, -0.2) is 4.98 Å². The van der Waals surface area contributed by atoms with E-state index in [2.05, 4.69) is 44.6 Å². The van der Waals surface area contributed by atoms with Crippen LogP contribution in [0.2, 0.25) is 0 Å². The van der Waals surface area contributed by atoms with Gasteiger partial charge in [0.25, 0.3) is 0 Å². The standard InChI is InChI=1S/C11H20N2/c1-6-8(2)10-12-7-9(13-10)11(3,4)5/h7-8H,6H2,1-5H3,(H,12,13). The Labute approximate surface area is 80.8 Å². The summed E-state index contributed by atoms with van der Waals surface area (Å²) in [5, 5.41) is 0. The van der Waals surface area contributed by atoms with E-state index >= 15 is 0 Å². The largest absolute Gasteiger partial charge is 0.348 e. The van der Waals surface area contributed by atoms with Gasteiger partial charge in [0, 0.05) is 17.5 Å². The monoisotopic (exact) mass is 180 g/mol. The molecule has 1 atom stereocenters. The Hall–Kier alpha value is -0.790. The van der Waals surface area contributed by atoms with Gasteiger partial charge in [-0.15, -0.1) is 0 Å². The van der Waals surface area contributed by atoms with Crippen LogP contribution in [0.25, 0.3) is 0 Å². The second kappa shape index (κ2) is 3.52. The second-order valence-electron chi connectivity index (χ2n) is 4.73. The van der Waals surface area contributed by atoms with Crippen molar-refractivity contribution in [3.05, 3.63) is 17.7 Å². The summed E-state index contributed by atoms with van der Waals surface area (Å²) in [6.07, 6.45) is 3.17. The first-order valence-electron chi connectivity index (χ1n) is 5.01. The molecule has 1 aromatic rings. The number of aromatic amines is 1. The molecule has 2 heteroatoms. The topological polar surface area (TPSA) is 28.7 Å². The molecule has 1 heterocycles. The third-order valence-corrected chi connectivity index (χ3v) is 2.45. The molecule has 0 radical (unpaired) electrons. The van der Waals surface area contributed by atoms with E-state index in [1.165, 1.54) is 0 Å². The highest BCUT2D eigenvalue weighted by atomic mass is 14.9. The van der Waals surface area contributed by atoms with E-state index in [0.29, 0.717) is 5.92 Å². The number of hydrogen-bond acceptors (Lipinski definition) is 1. The van der Waals surface area contributed by atoms with Crippen molar-refractivity contribution < 1.29 is 0 Å². The highest BCUT2D eigenvalue weighted by Gasteiger charge is 2.18. The Kier molecular flexibility index (Phi) is 2.79. The van der Waals surface area contributed by atoms with Crippen molar-refractivity contribution in [3.63, 3.8) is 0 Å². The molecular weight excluding hydrogens is 160 g/mol. The van der Waals surface area contributed by atoms with E-state index in [9.17, 15) is 0 Å². The van der Waals surface area contributed by atoms with E-state index in [-0.39, 0.29) is 5.41 Å². The fraction of sp³-hybridized carbons (Fsp3) is 0.727. The summed E-state index contributed by atoms with van der Waals surface area (Å²) >= 11 is 0. The average Bonchev–Trinajstić information content (AvgIpc) is 2.50. The van der Waals surface area contributed by atoms with Crippen LogP contribution in [-0.4, -0.2) is 9.97 Å². The molecule has 2 nitrogen and oxygen atoms in total. The summed E-state index contributed by atoms with van der Waals surface area (Å²) in [7, 11) is 0. The molecule has 0 fully saturated rings. The van der Waals surface area contributed by atoms with E-state index in [1.54, 1.807) is 0 Å². The number of aromatic nitrogens is 2. The van der Waals surface area contributed by atoms with Crippen LogP contribution >= 0.6 is 0 Å².